The molecule has 1 heterocycles. The number of hydrogen-bond donors (Lipinski definition) is 2. The number of rotatable bonds is 37. The molecule has 16 nitrogen and oxygen atoms in total. The lowest BCUT2D eigenvalue weighted by Crippen LogP contribution is -2.47. The Morgan fingerprint density at radius 2 is 1.49 bits per heavy atom. The second kappa shape index (κ2) is 31.0. The molecule has 2 N–H and O–H groups in total. The Bertz CT molecular complexity index is 2190. The van der Waals surface area contributed by atoms with Crippen LogP contribution in [0.4, 0.5) is 5.69 Å². The maximum atomic E-state index is 14.1. The molecule has 2 unspecified atom stereocenters. The fourth-order valence-corrected chi connectivity index (χ4v) is 7.50. The van der Waals surface area contributed by atoms with Gasteiger partial charge in [-0.15, -0.1) is 5.10 Å². The molecule has 16 heteroatoms. The second-order valence-electron chi connectivity index (χ2n) is 17.2. The first-order valence-corrected chi connectivity index (χ1v) is 24.3. The predicted molar refractivity (Wildman–Crippen MR) is 271 cm³/mol. The summed E-state index contributed by atoms with van der Waals surface area (Å²) in [6.45, 7) is 16.6. The van der Waals surface area contributed by atoms with E-state index in [1.54, 1.807) is 53.1 Å². The van der Waals surface area contributed by atoms with Crippen LogP contribution in [-0.2, 0) is 48.0 Å². The van der Waals surface area contributed by atoms with Crippen LogP contribution in [0.15, 0.2) is 116 Å². The zero-order valence-corrected chi connectivity index (χ0v) is 41.3. The van der Waals surface area contributed by atoms with E-state index < -0.39 is 6.04 Å². The van der Waals surface area contributed by atoms with E-state index in [1.165, 1.54) is 0 Å². The first-order chi connectivity index (χ1) is 34.2. The molecule has 0 saturated heterocycles. The number of anilines is 1. The molecule has 0 radical (unpaired) electrons. The third kappa shape index (κ3) is 19.9. The number of carbonyl (C=O) groups is 3. The second-order valence-corrected chi connectivity index (χ2v) is 17.2. The topological polar surface area (TPSA) is 168 Å². The minimum Gasteiger partial charge on any atom is -0.497 e. The van der Waals surface area contributed by atoms with Crippen molar-refractivity contribution >= 4 is 23.9 Å². The number of nitrogens with zero attached hydrogens (tertiary/aromatic N) is 5. The van der Waals surface area contributed by atoms with Crippen molar-refractivity contribution in [3.05, 3.63) is 133 Å². The van der Waals surface area contributed by atoms with Gasteiger partial charge in [-0.3, -0.25) is 14.4 Å². The standard InChI is InChI=1S/C54H73N7O9/c1-6-10-45(7-2)42(3)56-54(64)53(46-16-22-49(65-5)23-17-46)61(39-44-11-12-44)52(63)26-15-43-13-20-50(21-14-43)69-31-9-8-28-59(4)29-33-67-36-35-66-32-27-48-40-60(58-57-48)30-34-68-37-38-70-51-24-18-47(19-25-51)55-41-62/h6-7,10,13-14,16-25,40-42,44,53H,1-2,8-9,11-12,15,26-39H2,3-5H3,(H,55,62)(H,56,64)/b45-10+. The summed E-state index contributed by atoms with van der Waals surface area (Å²) in [5.74, 6) is 2.26. The molecule has 1 aliphatic rings. The zero-order chi connectivity index (χ0) is 49.8. The van der Waals surface area contributed by atoms with Crippen LogP contribution in [-0.4, -0.2) is 136 Å². The first-order valence-electron chi connectivity index (χ1n) is 24.3. The number of hydrogen-bond acceptors (Lipinski definition) is 12. The van der Waals surface area contributed by atoms with Crippen LogP contribution < -0.4 is 24.8 Å². The number of allylic oxidation sites excluding steroid dienone is 2. The lowest BCUT2D eigenvalue weighted by molar-refractivity contribution is -0.141. The number of unbranched alkanes of at least 4 members (excludes halogenated alkanes) is 1. The van der Waals surface area contributed by atoms with Crippen molar-refractivity contribution < 1.29 is 42.8 Å². The van der Waals surface area contributed by atoms with Gasteiger partial charge < -0.3 is 48.9 Å². The van der Waals surface area contributed by atoms with Crippen LogP contribution in [0.1, 0.15) is 61.9 Å². The molecular weight excluding hydrogens is 891 g/mol. The van der Waals surface area contributed by atoms with Crippen molar-refractivity contribution in [3.63, 3.8) is 0 Å². The number of benzene rings is 3. The van der Waals surface area contributed by atoms with Gasteiger partial charge in [0.2, 0.25) is 18.2 Å². The molecule has 4 aromatic rings. The molecule has 2 atom stereocenters. The molecule has 70 heavy (non-hydrogen) atoms. The summed E-state index contributed by atoms with van der Waals surface area (Å²) < 4.78 is 36.0. The number of aryl methyl sites for hydroxylation is 1. The monoisotopic (exact) mass is 964 g/mol. The molecule has 3 amide bonds. The van der Waals surface area contributed by atoms with Gasteiger partial charge >= 0.3 is 0 Å². The fourth-order valence-electron chi connectivity index (χ4n) is 7.50. The number of methoxy groups -OCH3 is 1. The van der Waals surface area contributed by atoms with Crippen LogP contribution in [0.5, 0.6) is 17.2 Å². The highest BCUT2D eigenvalue weighted by molar-refractivity contribution is 5.89. The average Bonchev–Trinajstić information content (AvgIpc) is 4.09. The largest absolute Gasteiger partial charge is 0.497 e. The maximum absolute atomic E-state index is 14.1. The molecule has 5 rings (SSSR count). The lowest BCUT2D eigenvalue weighted by Gasteiger charge is -2.33. The molecule has 378 valence electrons. The van der Waals surface area contributed by atoms with Gasteiger partial charge in [-0.2, -0.15) is 0 Å². The van der Waals surface area contributed by atoms with Gasteiger partial charge in [0, 0.05) is 37.8 Å². The van der Waals surface area contributed by atoms with Gasteiger partial charge in [-0.1, -0.05) is 60.9 Å². The summed E-state index contributed by atoms with van der Waals surface area (Å²) in [5.41, 5.74) is 4.16. The van der Waals surface area contributed by atoms with Gasteiger partial charge in [-0.25, -0.2) is 4.68 Å². The summed E-state index contributed by atoms with van der Waals surface area (Å²) in [6.07, 6.45) is 13.2. The number of amides is 3. The van der Waals surface area contributed by atoms with Gasteiger partial charge in [-0.05, 0) is 124 Å². The number of carbonyl (C=O) groups excluding carboxylic acids is 3. The van der Waals surface area contributed by atoms with Crippen molar-refractivity contribution in [1.82, 2.24) is 30.1 Å². The van der Waals surface area contributed by atoms with Gasteiger partial charge in [0.05, 0.1) is 71.6 Å². The minimum atomic E-state index is -0.797. The third-order valence-corrected chi connectivity index (χ3v) is 11.7. The van der Waals surface area contributed by atoms with E-state index in [9.17, 15) is 14.4 Å². The van der Waals surface area contributed by atoms with Crippen molar-refractivity contribution in [2.24, 2.45) is 5.92 Å². The number of ether oxygens (including phenoxy) is 6. The third-order valence-electron chi connectivity index (χ3n) is 11.7. The molecule has 0 spiro atoms. The van der Waals surface area contributed by atoms with Crippen LogP contribution >= 0.6 is 0 Å². The van der Waals surface area contributed by atoms with Crippen LogP contribution in [0, 0.1) is 5.92 Å². The van der Waals surface area contributed by atoms with Gasteiger partial charge in [0.1, 0.15) is 29.9 Å². The first kappa shape index (κ1) is 54.6. The molecule has 1 saturated carbocycles. The quantitative estimate of drug-likeness (QED) is 0.0270. The van der Waals surface area contributed by atoms with E-state index in [4.69, 9.17) is 28.4 Å². The van der Waals surface area contributed by atoms with Crippen molar-refractivity contribution in [1.29, 1.82) is 0 Å². The molecule has 1 aromatic heterocycles. The van der Waals surface area contributed by atoms with E-state index in [0.717, 1.165) is 66.9 Å². The number of nitrogens with one attached hydrogen (secondary N) is 2. The summed E-state index contributed by atoms with van der Waals surface area (Å²) >= 11 is 0. The summed E-state index contributed by atoms with van der Waals surface area (Å²) in [5, 5.41) is 14.1. The Labute approximate surface area is 414 Å². The predicted octanol–water partition coefficient (Wildman–Crippen LogP) is 7.03. The van der Waals surface area contributed by atoms with Crippen molar-refractivity contribution in [3.8, 4) is 17.2 Å². The Morgan fingerprint density at radius 3 is 2.17 bits per heavy atom. The fraction of sp³-hybridized carbons (Fsp3) is 0.463. The molecule has 0 aliphatic heterocycles. The SMILES string of the molecule is C=C/C=C(\C=C)C(C)NC(=O)C(c1ccc(OC)cc1)N(CC1CC1)C(=O)CCc1ccc(OCCCCN(C)CCOCCOCCc2cn(CCOCCOc3ccc(NC=O)cc3)nn2)cc1. The Kier molecular flexibility index (Phi) is 24.2. The van der Waals surface area contributed by atoms with E-state index in [1.807, 2.05) is 67.7 Å². The molecule has 0 bridgehead atoms. The van der Waals surface area contributed by atoms with Gasteiger partial charge in [0.25, 0.3) is 0 Å². The smallest absolute Gasteiger partial charge is 0.247 e. The van der Waals surface area contributed by atoms with Crippen LogP contribution in [0.3, 0.4) is 0 Å². The Hall–Kier alpha value is -6.33. The summed E-state index contributed by atoms with van der Waals surface area (Å²) in [4.78, 5) is 42.7. The van der Waals surface area contributed by atoms with Gasteiger partial charge in [0.15, 0.2) is 0 Å². The van der Waals surface area contributed by atoms with E-state index in [-0.39, 0.29) is 24.3 Å². The average molecular weight is 964 g/mol. The normalized spacial score (nSPS) is 13.3. The summed E-state index contributed by atoms with van der Waals surface area (Å²) in [7, 11) is 3.70. The molecular formula is C54H73N7O9. The Morgan fingerprint density at radius 1 is 0.814 bits per heavy atom. The number of likely N-dealkylation sites (N-methyl/N-ethyl adjacent to an activating group) is 1. The highest BCUT2D eigenvalue weighted by Crippen LogP contribution is 2.34. The van der Waals surface area contributed by atoms with Crippen LogP contribution in [0.25, 0.3) is 0 Å². The lowest BCUT2D eigenvalue weighted by atomic mass is 10.0. The highest BCUT2D eigenvalue weighted by atomic mass is 16.5. The molecule has 1 aliphatic carbocycles. The maximum Gasteiger partial charge on any atom is 0.247 e. The van der Waals surface area contributed by atoms with Crippen molar-refractivity contribution in [2.75, 3.05) is 92.0 Å². The molecule has 1 fully saturated rings. The van der Waals surface area contributed by atoms with Crippen molar-refractivity contribution in [2.45, 2.75) is 70.5 Å². The van der Waals surface area contributed by atoms with Crippen LogP contribution in [0.2, 0.25) is 0 Å². The number of aromatic nitrogens is 3. The van der Waals surface area contributed by atoms with E-state index in [0.29, 0.717) is 108 Å². The minimum absolute atomic E-state index is 0.0624. The Balaban J connectivity index is 0.901. The molecule has 3 aromatic carbocycles. The van der Waals surface area contributed by atoms with E-state index >= 15 is 0 Å². The highest BCUT2D eigenvalue weighted by Gasteiger charge is 2.36. The van der Waals surface area contributed by atoms with E-state index in [2.05, 4.69) is 46.1 Å². The summed E-state index contributed by atoms with van der Waals surface area (Å²) in [6, 6.07) is 21.3. The zero-order valence-electron chi connectivity index (χ0n) is 41.3.